The van der Waals surface area contributed by atoms with E-state index in [0.29, 0.717) is 5.92 Å². The average Bonchev–Trinajstić information content (AvgIpc) is 2.59. The van der Waals surface area contributed by atoms with Crippen LogP contribution in [-0.2, 0) is 6.61 Å². The molecule has 2 unspecified atom stereocenters. The lowest BCUT2D eigenvalue weighted by atomic mass is 10.2. The average molecular weight is 152 g/mol. The third-order valence-electron chi connectivity index (χ3n) is 2.31. The Kier molecular flexibility index (Phi) is 1.46. The third-order valence-corrected chi connectivity index (χ3v) is 2.31. The van der Waals surface area contributed by atoms with Crippen LogP contribution in [-0.4, -0.2) is 15.3 Å². The summed E-state index contributed by atoms with van der Waals surface area (Å²) < 4.78 is 0. The monoisotopic (exact) mass is 152 g/mol. The van der Waals surface area contributed by atoms with Gasteiger partial charge in [-0.05, 0) is 18.4 Å². The van der Waals surface area contributed by atoms with Gasteiger partial charge in [0.05, 0.1) is 18.0 Å². The van der Waals surface area contributed by atoms with E-state index in [9.17, 15) is 0 Å². The molecule has 0 spiro atoms. The fourth-order valence-corrected chi connectivity index (χ4v) is 1.38. The number of aliphatic hydroxyl groups excluding tert-OH is 1. The first-order valence-electron chi connectivity index (χ1n) is 3.96. The van der Waals surface area contributed by atoms with E-state index in [-0.39, 0.29) is 6.61 Å². The van der Waals surface area contributed by atoms with Gasteiger partial charge >= 0.3 is 0 Å². The molecule has 2 atom stereocenters. The first-order valence-corrected chi connectivity index (χ1v) is 3.96. The van der Waals surface area contributed by atoms with E-state index < -0.39 is 0 Å². The van der Waals surface area contributed by atoms with Crippen molar-refractivity contribution in [3.8, 4) is 0 Å². The van der Waals surface area contributed by atoms with Gasteiger partial charge in [-0.3, -0.25) is 5.10 Å². The van der Waals surface area contributed by atoms with Gasteiger partial charge in [-0.15, -0.1) is 0 Å². The molecule has 2 rings (SSSR count). The van der Waals surface area contributed by atoms with E-state index in [1.807, 2.05) is 6.07 Å². The SMILES string of the molecule is CC1CC1c1cc(CO)[nH]n1. The number of aromatic nitrogens is 2. The normalized spacial score (nSPS) is 28.9. The van der Waals surface area contributed by atoms with E-state index in [1.54, 1.807) is 0 Å². The Morgan fingerprint density at radius 3 is 3.00 bits per heavy atom. The number of hydrogen-bond donors (Lipinski definition) is 2. The van der Waals surface area contributed by atoms with Crippen LogP contribution in [0.4, 0.5) is 0 Å². The highest BCUT2D eigenvalue weighted by Crippen LogP contribution is 2.46. The molecule has 11 heavy (non-hydrogen) atoms. The second-order valence-electron chi connectivity index (χ2n) is 3.30. The van der Waals surface area contributed by atoms with Crippen LogP contribution in [0, 0.1) is 5.92 Å². The van der Waals surface area contributed by atoms with Gasteiger partial charge in [0.15, 0.2) is 0 Å². The minimum Gasteiger partial charge on any atom is -0.390 e. The maximum atomic E-state index is 8.75. The van der Waals surface area contributed by atoms with Gasteiger partial charge in [-0.25, -0.2) is 0 Å². The van der Waals surface area contributed by atoms with Gasteiger partial charge in [0.1, 0.15) is 0 Å². The second-order valence-corrected chi connectivity index (χ2v) is 3.30. The summed E-state index contributed by atoms with van der Waals surface area (Å²) in [5.74, 6) is 1.43. The van der Waals surface area contributed by atoms with Crippen molar-refractivity contribution in [2.24, 2.45) is 5.92 Å². The quantitative estimate of drug-likeness (QED) is 0.664. The summed E-state index contributed by atoms with van der Waals surface area (Å²) in [5.41, 5.74) is 1.93. The smallest absolute Gasteiger partial charge is 0.0847 e. The van der Waals surface area contributed by atoms with Crippen LogP contribution in [0.25, 0.3) is 0 Å². The molecule has 3 nitrogen and oxygen atoms in total. The number of nitrogens with one attached hydrogen (secondary N) is 1. The molecule has 1 saturated carbocycles. The topological polar surface area (TPSA) is 48.9 Å². The molecule has 1 aliphatic rings. The van der Waals surface area contributed by atoms with Crippen molar-refractivity contribution in [3.63, 3.8) is 0 Å². The molecule has 0 aliphatic heterocycles. The van der Waals surface area contributed by atoms with Gasteiger partial charge in [-0.2, -0.15) is 5.10 Å². The fourth-order valence-electron chi connectivity index (χ4n) is 1.38. The van der Waals surface area contributed by atoms with Crippen LogP contribution in [0.5, 0.6) is 0 Å². The predicted molar refractivity (Wildman–Crippen MR) is 41.0 cm³/mol. The summed E-state index contributed by atoms with van der Waals surface area (Å²) in [6, 6.07) is 1.95. The third kappa shape index (κ3) is 1.16. The first kappa shape index (κ1) is 6.85. The lowest BCUT2D eigenvalue weighted by Gasteiger charge is -1.85. The van der Waals surface area contributed by atoms with E-state index in [1.165, 1.54) is 6.42 Å². The molecule has 0 aromatic carbocycles. The highest BCUT2D eigenvalue weighted by Gasteiger charge is 2.35. The van der Waals surface area contributed by atoms with Gasteiger partial charge in [0, 0.05) is 5.92 Å². The van der Waals surface area contributed by atoms with Crippen molar-refractivity contribution in [2.75, 3.05) is 0 Å². The number of aromatic amines is 1. The van der Waals surface area contributed by atoms with Gasteiger partial charge < -0.3 is 5.11 Å². The Morgan fingerprint density at radius 1 is 1.82 bits per heavy atom. The highest BCUT2D eigenvalue weighted by atomic mass is 16.3. The summed E-state index contributed by atoms with van der Waals surface area (Å²) in [6.07, 6.45) is 1.25. The van der Waals surface area contributed by atoms with Crippen LogP contribution in [0.2, 0.25) is 0 Å². The van der Waals surface area contributed by atoms with Crippen LogP contribution in [0.15, 0.2) is 6.07 Å². The first-order chi connectivity index (χ1) is 5.31. The molecule has 1 fully saturated rings. The molecule has 60 valence electrons. The van der Waals surface area contributed by atoms with Crippen LogP contribution in [0.3, 0.4) is 0 Å². The standard InChI is InChI=1S/C8H12N2O/c1-5-2-7(5)8-3-6(4-11)9-10-8/h3,5,7,11H,2,4H2,1H3,(H,9,10). The van der Waals surface area contributed by atoms with Crippen molar-refractivity contribution in [3.05, 3.63) is 17.5 Å². The van der Waals surface area contributed by atoms with Crippen molar-refractivity contribution in [2.45, 2.75) is 25.9 Å². The molecule has 3 heteroatoms. The summed E-state index contributed by atoms with van der Waals surface area (Å²) >= 11 is 0. The van der Waals surface area contributed by atoms with E-state index in [2.05, 4.69) is 17.1 Å². The molecule has 1 aromatic rings. The van der Waals surface area contributed by atoms with Crippen LogP contribution >= 0.6 is 0 Å². The Hall–Kier alpha value is -0.830. The van der Waals surface area contributed by atoms with Crippen molar-refractivity contribution in [1.82, 2.24) is 10.2 Å². The Morgan fingerprint density at radius 2 is 2.55 bits per heavy atom. The Bertz CT molecular complexity index is 256. The Labute approximate surface area is 65.4 Å². The minimum atomic E-state index is 0.0636. The number of aliphatic hydroxyl groups is 1. The second kappa shape index (κ2) is 2.34. The molecule has 1 heterocycles. The molecule has 1 aliphatic carbocycles. The summed E-state index contributed by atoms with van der Waals surface area (Å²) in [6.45, 7) is 2.28. The van der Waals surface area contributed by atoms with E-state index in [4.69, 9.17) is 5.11 Å². The maximum absolute atomic E-state index is 8.75. The number of nitrogens with zero attached hydrogens (tertiary/aromatic N) is 1. The summed E-state index contributed by atoms with van der Waals surface area (Å²) in [4.78, 5) is 0. The van der Waals surface area contributed by atoms with Gasteiger partial charge in [0.2, 0.25) is 0 Å². The van der Waals surface area contributed by atoms with Gasteiger partial charge in [-0.1, -0.05) is 6.92 Å². The molecule has 0 amide bonds. The van der Waals surface area contributed by atoms with Crippen molar-refractivity contribution in [1.29, 1.82) is 0 Å². The lowest BCUT2D eigenvalue weighted by molar-refractivity contribution is 0.276. The zero-order chi connectivity index (χ0) is 7.84. The van der Waals surface area contributed by atoms with Crippen LogP contribution < -0.4 is 0 Å². The summed E-state index contributed by atoms with van der Waals surface area (Å²) in [7, 11) is 0. The minimum absolute atomic E-state index is 0.0636. The lowest BCUT2D eigenvalue weighted by Crippen LogP contribution is -1.80. The molecule has 2 N–H and O–H groups in total. The zero-order valence-corrected chi connectivity index (χ0v) is 6.54. The molecule has 0 radical (unpaired) electrons. The van der Waals surface area contributed by atoms with E-state index in [0.717, 1.165) is 17.3 Å². The van der Waals surface area contributed by atoms with Gasteiger partial charge in [0.25, 0.3) is 0 Å². The predicted octanol–water partition coefficient (Wildman–Crippen LogP) is 1.03. The largest absolute Gasteiger partial charge is 0.390 e. The number of hydrogen-bond acceptors (Lipinski definition) is 2. The molecular weight excluding hydrogens is 140 g/mol. The summed E-state index contributed by atoms with van der Waals surface area (Å²) in [5, 5.41) is 15.7. The Balaban J connectivity index is 2.13. The number of rotatable bonds is 2. The highest BCUT2D eigenvalue weighted by molar-refractivity contribution is 5.18. The van der Waals surface area contributed by atoms with E-state index >= 15 is 0 Å². The zero-order valence-electron chi connectivity index (χ0n) is 6.54. The molecule has 0 saturated heterocycles. The van der Waals surface area contributed by atoms with Crippen molar-refractivity contribution < 1.29 is 5.11 Å². The van der Waals surface area contributed by atoms with Crippen molar-refractivity contribution >= 4 is 0 Å². The fraction of sp³-hybridized carbons (Fsp3) is 0.625. The molecule has 0 bridgehead atoms. The maximum Gasteiger partial charge on any atom is 0.0847 e. The molecular formula is C8H12N2O. The number of H-pyrrole nitrogens is 1. The van der Waals surface area contributed by atoms with Crippen LogP contribution in [0.1, 0.15) is 30.7 Å². The molecule has 1 aromatic heterocycles.